The van der Waals surface area contributed by atoms with Gasteiger partial charge >= 0.3 is 12.1 Å². The van der Waals surface area contributed by atoms with Crippen LogP contribution >= 0.6 is 0 Å². The van der Waals surface area contributed by atoms with Gasteiger partial charge < -0.3 is 20.3 Å². The van der Waals surface area contributed by atoms with E-state index in [0.717, 1.165) is 18.4 Å². The molecule has 0 bridgehead atoms. The molecule has 22 heavy (non-hydrogen) atoms. The zero-order chi connectivity index (χ0) is 15.9. The predicted octanol–water partition coefficient (Wildman–Crippen LogP) is 0.840. The number of amides is 3. The number of nitrogens with zero attached hydrogens (tertiary/aromatic N) is 3. The number of likely N-dealkylation sites (tertiary alicyclic amines) is 1. The number of hydrogen-bond acceptors (Lipinski definition) is 4. The Morgan fingerprint density at radius 1 is 1.41 bits per heavy atom. The molecule has 0 radical (unpaired) electrons. The van der Waals surface area contributed by atoms with Crippen LogP contribution in [0.25, 0.3) is 0 Å². The van der Waals surface area contributed by atoms with Crippen molar-refractivity contribution < 1.29 is 14.3 Å². The van der Waals surface area contributed by atoms with Gasteiger partial charge in [-0.15, -0.1) is 0 Å². The van der Waals surface area contributed by atoms with E-state index in [4.69, 9.17) is 4.74 Å². The van der Waals surface area contributed by atoms with Gasteiger partial charge in [-0.2, -0.15) is 5.10 Å². The van der Waals surface area contributed by atoms with Crippen molar-refractivity contribution in [2.45, 2.75) is 32.4 Å². The molecule has 0 spiro atoms. The largest absolute Gasteiger partial charge is 0.450 e. The Morgan fingerprint density at radius 2 is 2.14 bits per heavy atom. The van der Waals surface area contributed by atoms with Gasteiger partial charge in [0.05, 0.1) is 12.8 Å². The van der Waals surface area contributed by atoms with Crippen LogP contribution in [0.4, 0.5) is 9.59 Å². The number of carbonyl (C=O) groups excluding carboxylic acids is 2. The first-order chi connectivity index (χ1) is 10.6. The van der Waals surface area contributed by atoms with Crippen molar-refractivity contribution in [1.29, 1.82) is 0 Å². The molecule has 0 aromatic carbocycles. The second-order valence-electron chi connectivity index (χ2n) is 5.31. The second kappa shape index (κ2) is 7.67. The minimum absolute atomic E-state index is 0.0829. The van der Waals surface area contributed by atoms with Crippen LogP contribution in [-0.2, 0) is 18.3 Å². The van der Waals surface area contributed by atoms with Gasteiger partial charge in [-0.25, -0.2) is 9.59 Å². The maximum atomic E-state index is 11.9. The normalized spacial score (nSPS) is 15.5. The lowest BCUT2D eigenvalue weighted by Crippen LogP contribution is -2.49. The summed E-state index contributed by atoms with van der Waals surface area (Å²) in [6.45, 7) is 3.83. The highest BCUT2D eigenvalue weighted by Gasteiger charge is 2.24. The summed E-state index contributed by atoms with van der Waals surface area (Å²) >= 11 is 0. The van der Waals surface area contributed by atoms with Crippen LogP contribution < -0.4 is 10.6 Å². The Morgan fingerprint density at radius 3 is 2.73 bits per heavy atom. The number of aromatic nitrogens is 2. The predicted molar refractivity (Wildman–Crippen MR) is 80.2 cm³/mol. The number of rotatable bonds is 4. The molecule has 0 atom stereocenters. The van der Waals surface area contributed by atoms with Gasteiger partial charge in [0.1, 0.15) is 0 Å². The lowest BCUT2D eigenvalue weighted by molar-refractivity contribution is 0.0957. The average molecular weight is 309 g/mol. The Labute approximate surface area is 129 Å². The summed E-state index contributed by atoms with van der Waals surface area (Å²) in [5.74, 6) is 0. The van der Waals surface area contributed by atoms with Crippen molar-refractivity contribution in [3.8, 4) is 0 Å². The van der Waals surface area contributed by atoms with E-state index in [1.165, 1.54) is 0 Å². The topological polar surface area (TPSA) is 88.5 Å². The molecule has 8 heteroatoms. The van der Waals surface area contributed by atoms with E-state index < -0.39 is 0 Å². The fraction of sp³-hybridized carbons (Fsp3) is 0.643. The zero-order valence-corrected chi connectivity index (χ0v) is 13.0. The number of aryl methyl sites for hydroxylation is 1. The van der Waals surface area contributed by atoms with Crippen LogP contribution in [-0.4, -0.2) is 52.5 Å². The minimum atomic E-state index is -0.276. The molecule has 0 aliphatic carbocycles. The fourth-order valence-electron chi connectivity index (χ4n) is 2.40. The molecule has 3 amide bonds. The maximum absolute atomic E-state index is 11.9. The van der Waals surface area contributed by atoms with E-state index >= 15 is 0 Å². The molecule has 8 nitrogen and oxygen atoms in total. The van der Waals surface area contributed by atoms with Crippen LogP contribution in [0.1, 0.15) is 25.3 Å². The fourth-order valence-corrected chi connectivity index (χ4v) is 2.40. The molecule has 1 aromatic rings. The average Bonchev–Trinajstić information content (AvgIpc) is 2.92. The first kappa shape index (κ1) is 16.1. The quantitative estimate of drug-likeness (QED) is 0.862. The van der Waals surface area contributed by atoms with E-state index in [1.54, 1.807) is 22.7 Å². The highest BCUT2D eigenvalue weighted by atomic mass is 16.6. The minimum Gasteiger partial charge on any atom is -0.450 e. The summed E-state index contributed by atoms with van der Waals surface area (Å²) in [6, 6.07) is -0.113. The number of carbonyl (C=O) groups is 2. The van der Waals surface area contributed by atoms with Crippen molar-refractivity contribution in [3.63, 3.8) is 0 Å². The van der Waals surface area contributed by atoms with E-state index in [9.17, 15) is 9.59 Å². The van der Waals surface area contributed by atoms with Crippen molar-refractivity contribution in [1.82, 2.24) is 25.3 Å². The smallest absolute Gasteiger partial charge is 0.409 e. The highest BCUT2D eigenvalue weighted by Crippen LogP contribution is 2.11. The molecule has 1 saturated heterocycles. The first-order valence-corrected chi connectivity index (χ1v) is 7.52. The molecule has 1 fully saturated rings. The van der Waals surface area contributed by atoms with Gasteiger partial charge in [0.2, 0.25) is 0 Å². The maximum Gasteiger partial charge on any atom is 0.409 e. The molecule has 1 aliphatic rings. The Kier molecular flexibility index (Phi) is 5.62. The van der Waals surface area contributed by atoms with E-state index in [0.29, 0.717) is 26.2 Å². The Hall–Kier alpha value is -2.25. The van der Waals surface area contributed by atoms with Crippen LogP contribution in [0.15, 0.2) is 12.4 Å². The van der Waals surface area contributed by atoms with Gasteiger partial charge in [0, 0.05) is 44.5 Å². The number of hydrogen-bond donors (Lipinski definition) is 2. The highest BCUT2D eigenvalue weighted by molar-refractivity contribution is 5.74. The lowest BCUT2D eigenvalue weighted by Gasteiger charge is -2.31. The molecular formula is C14H23N5O3. The standard InChI is InChI=1S/C14H23N5O3/c1-3-22-14(21)19-6-4-12(5-7-19)17-13(20)15-8-11-9-16-18(2)10-11/h9-10,12H,3-8H2,1-2H3,(H2,15,17,20). The third kappa shape index (κ3) is 4.64. The molecule has 0 unspecified atom stereocenters. The molecule has 2 heterocycles. The van der Waals surface area contributed by atoms with Gasteiger partial charge in [0.25, 0.3) is 0 Å². The van der Waals surface area contributed by atoms with Gasteiger partial charge in [-0.1, -0.05) is 0 Å². The number of nitrogens with one attached hydrogen (secondary N) is 2. The summed E-state index contributed by atoms with van der Waals surface area (Å²) in [6.07, 6.45) is 4.77. The van der Waals surface area contributed by atoms with Crippen LogP contribution in [0.5, 0.6) is 0 Å². The third-order valence-corrected chi connectivity index (χ3v) is 3.57. The summed E-state index contributed by atoms with van der Waals surface area (Å²) < 4.78 is 6.66. The Bertz CT molecular complexity index is 508. The van der Waals surface area contributed by atoms with E-state index in [-0.39, 0.29) is 18.2 Å². The molecule has 0 saturated carbocycles. The summed E-state index contributed by atoms with van der Waals surface area (Å²) in [4.78, 5) is 25.1. The van der Waals surface area contributed by atoms with Crippen molar-refractivity contribution in [3.05, 3.63) is 18.0 Å². The second-order valence-corrected chi connectivity index (χ2v) is 5.31. The van der Waals surface area contributed by atoms with E-state index in [1.807, 2.05) is 13.2 Å². The molecular weight excluding hydrogens is 286 g/mol. The van der Waals surface area contributed by atoms with Crippen LogP contribution in [0.3, 0.4) is 0 Å². The monoisotopic (exact) mass is 309 g/mol. The lowest BCUT2D eigenvalue weighted by atomic mass is 10.1. The van der Waals surface area contributed by atoms with Gasteiger partial charge in [-0.3, -0.25) is 4.68 Å². The SMILES string of the molecule is CCOC(=O)N1CCC(NC(=O)NCc2cnn(C)c2)CC1. The van der Waals surface area contributed by atoms with Gasteiger partial charge in [0.15, 0.2) is 0 Å². The molecule has 2 rings (SSSR count). The number of urea groups is 1. The first-order valence-electron chi connectivity index (χ1n) is 7.52. The zero-order valence-electron chi connectivity index (χ0n) is 13.0. The summed E-state index contributed by atoms with van der Waals surface area (Å²) in [7, 11) is 1.83. The van der Waals surface area contributed by atoms with Gasteiger partial charge in [-0.05, 0) is 19.8 Å². The molecule has 1 aromatic heterocycles. The van der Waals surface area contributed by atoms with Crippen molar-refractivity contribution >= 4 is 12.1 Å². The Balaban J connectivity index is 1.67. The van der Waals surface area contributed by atoms with Crippen LogP contribution in [0.2, 0.25) is 0 Å². The summed E-state index contributed by atoms with van der Waals surface area (Å²) in [5.41, 5.74) is 0.954. The summed E-state index contributed by atoms with van der Waals surface area (Å²) in [5, 5.41) is 9.78. The third-order valence-electron chi connectivity index (χ3n) is 3.57. The van der Waals surface area contributed by atoms with Crippen molar-refractivity contribution in [2.75, 3.05) is 19.7 Å². The molecule has 1 aliphatic heterocycles. The number of piperidine rings is 1. The van der Waals surface area contributed by atoms with E-state index in [2.05, 4.69) is 15.7 Å². The van der Waals surface area contributed by atoms with Crippen molar-refractivity contribution in [2.24, 2.45) is 7.05 Å². The number of ether oxygens (including phenoxy) is 1. The molecule has 122 valence electrons. The molecule has 2 N–H and O–H groups in total. The van der Waals surface area contributed by atoms with Crippen LogP contribution in [0, 0.1) is 0 Å².